The van der Waals surface area contributed by atoms with E-state index in [1.165, 1.54) is 35.0 Å². The number of carboxylic acids is 1. The Balaban J connectivity index is 0.000000156. The van der Waals surface area contributed by atoms with E-state index < -0.39 is 5.97 Å². The topological polar surface area (TPSA) is 141 Å². The van der Waals surface area contributed by atoms with E-state index in [2.05, 4.69) is 50.7 Å². The molecule has 3 N–H and O–H groups in total. The Kier molecular flexibility index (Phi) is 14.3. The zero-order chi connectivity index (χ0) is 43.2. The molecule has 6 aromatic rings. The summed E-state index contributed by atoms with van der Waals surface area (Å²) in [6.45, 7) is 18.3. The van der Waals surface area contributed by atoms with Crippen molar-refractivity contribution >= 4 is 63.0 Å². The molecule has 0 aliphatic carbocycles. The number of piperazine rings is 1. The predicted octanol–water partition coefficient (Wildman–Crippen LogP) is 8.99. The average Bonchev–Trinajstić information content (AvgIpc) is 3.90. The summed E-state index contributed by atoms with van der Waals surface area (Å²) in [6.07, 6.45) is 4.03. The van der Waals surface area contributed by atoms with Crippen molar-refractivity contribution in [2.24, 2.45) is 10.9 Å². The zero-order valence-corrected chi connectivity index (χ0v) is 37.6. The highest BCUT2D eigenvalue weighted by Gasteiger charge is 2.26. The lowest BCUT2D eigenvalue weighted by molar-refractivity contribution is -0.129. The molecule has 0 radical (unpaired) electrons. The van der Waals surface area contributed by atoms with Crippen molar-refractivity contribution in [3.63, 3.8) is 0 Å². The van der Waals surface area contributed by atoms with Crippen LogP contribution in [0.2, 0.25) is 10.0 Å². The number of aromatic amines is 1. The quantitative estimate of drug-likeness (QED) is 0.144. The molecule has 61 heavy (non-hydrogen) atoms. The van der Waals surface area contributed by atoms with Gasteiger partial charge in [-0.2, -0.15) is 0 Å². The number of carbonyl (C=O) groups excluding carboxylic acids is 1. The Hall–Kier alpha value is -5.05. The molecule has 3 aliphatic rings. The molecule has 6 heterocycles. The summed E-state index contributed by atoms with van der Waals surface area (Å²) in [5, 5.41) is 24.1. The van der Waals surface area contributed by atoms with Gasteiger partial charge in [-0.1, -0.05) is 54.4 Å². The minimum atomic E-state index is -0.962. The summed E-state index contributed by atoms with van der Waals surface area (Å²) in [5.74, 6) is 2.67. The van der Waals surface area contributed by atoms with Gasteiger partial charge in [-0.15, -0.1) is 21.5 Å². The van der Waals surface area contributed by atoms with Gasteiger partial charge in [-0.25, -0.2) is 4.79 Å². The van der Waals surface area contributed by atoms with Crippen LogP contribution >= 0.6 is 34.5 Å². The molecule has 3 aliphatic heterocycles. The van der Waals surface area contributed by atoms with E-state index in [9.17, 15) is 14.7 Å². The number of H-pyrrole nitrogens is 1. The Morgan fingerprint density at radius 2 is 1.62 bits per heavy atom. The van der Waals surface area contributed by atoms with Gasteiger partial charge >= 0.3 is 5.97 Å². The number of halogens is 2. The van der Waals surface area contributed by atoms with E-state index in [-0.39, 0.29) is 11.5 Å². The molecule has 15 heteroatoms. The number of hydrogen-bond acceptors (Lipinski definition) is 9. The van der Waals surface area contributed by atoms with Crippen molar-refractivity contribution in [3.8, 4) is 21.9 Å². The molecule has 3 aromatic carbocycles. The van der Waals surface area contributed by atoms with E-state index >= 15 is 0 Å². The zero-order valence-electron chi connectivity index (χ0n) is 35.2. The molecule has 0 saturated carbocycles. The van der Waals surface area contributed by atoms with Gasteiger partial charge in [0, 0.05) is 83.3 Å². The molecule has 9 rings (SSSR count). The summed E-state index contributed by atoms with van der Waals surface area (Å²) >= 11 is 14.2. The first-order chi connectivity index (χ1) is 29.4. The second-order valence-electron chi connectivity index (χ2n) is 15.7. The highest BCUT2D eigenvalue weighted by Crippen LogP contribution is 2.37. The summed E-state index contributed by atoms with van der Waals surface area (Å²) < 4.78 is 8.04. The van der Waals surface area contributed by atoms with Crippen LogP contribution in [0.3, 0.4) is 0 Å². The number of rotatable bonds is 7. The van der Waals surface area contributed by atoms with Crippen molar-refractivity contribution in [3.05, 3.63) is 116 Å². The van der Waals surface area contributed by atoms with E-state index in [4.69, 9.17) is 32.9 Å². The summed E-state index contributed by atoms with van der Waals surface area (Å²) in [4.78, 5) is 35.5. The van der Waals surface area contributed by atoms with Gasteiger partial charge in [0.2, 0.25) is 5.91 Å². The molecule has 2 fully saturated rings. The fourth-order valence-electron chi connectivity index (χ4n) is 7.72. The minimum absolute atomic E-state index is 0.191. The fourth-order valence-corrected chi connectivity index (χ4v) is 9.34. The van der Waals surface area contributed by atoms with Crippen LogP contribution in [0.5, 0.6) is 5.75 Å². The molecule has 0 spiro atoms. The number of likely N-dealkylation sites (tertiary alicyclic amines) is 1. The lowest BCUT2D eigenvalue weighted by Gasteiger charge is -2.29. The van der Waals surface area contributed by atoms with E-state index in [1.54, 1.807) is 24.3 Å². The maximum atomic E-state index is 11.4. The maximum absolute atomic E-state index is 11.4. The number of benzene rings is 3. The average molecular weight is 884 g/mol. The van der Waals surface area contributed by atoms with Crippen molar-refractivity contribution in [2.45, 2.75) is 54.0 Å². The number of aryl methyl sites for hydroxylation is 2. The molecular weight excluding hydrogens is 832 g/mol. The van der Waals surface area contributed by atoms with Crippen LogP contribution in [-0.4, -0.2) is 105 Å². The molecule has 0 atom stereocenters. The first-order valence-electron chi connectivity index (χ1n) is 20.7. The van der Waals surface area contributed by atoms with E-state index in [0.29, 0.717) is 29.1 Å². The largest absolute Gasteiger partial charge is 0.492 e. The summed E-state index contributed by atoms with van der Waals surface area (Å²) in [6, 6.07) is 19.2. The van der Waals surface area contributed by atoms with Crippen LogP contribution in [0.15, 0.2) is 71.9 Å². The van der Waals surface area contributed by atoms with Crippen LogP contribution in [0, 0.1) is 26.7 Å². The first-order valence-corrected chi connectivity index (χ1v) is 22.2. The second kappa shape index (κ2) is 19.8. The predicted molar refractivity (Wildman–Crippen MR) is 245 cm³/mol. The monoisotopic (exact) mass is 882 g/mol. The van der Waals surface area contributed by atoms with Crippen molar-refractivity contribution < 1.29 is 19.4 Å². The van der Waals surface area contributed by atoms with Gasteiger partial charge in [0.25, 0.3) is 0 Å². The van der Waals surface area contributed by atoms with Gasteiger partial charge < -0.3 is 25.0 Å². The molecule has 1 amide bonds. The number of amides is 1. The second-order valence-corrected chi connectivity index (χ2v) is 17.7. The SMILES string of the molecule is CC(=O)N1CCNCC1.CC1CCN(CCOc2ccc(-c3cc4c(C(=O)O)c[nH]c4cc3Cl)cc2)CC1.Cc1sc2c(c1C)C(c1ccc(Cl)cc1)=NCc1nnc(C)n1-2. The smallest absolute Gasteiger partial charge is 0.337 e. The summed E-state index contributed by atoms with van der Waals surface area (Å²) in [5.41, 5.74) is 7.20. The Morgan fingerprint density at radius 1 is 0.934 bits per heavy atom. The number of carbonyl (C=O) groups is 2. The van der Waals surface area contributed by atoms with Crippen molar-refractivity contribution in [2.75, 3.05) is 52.4 Å². The minimum Gasteiger partial charge on any atom is -0.492 e. The number of hydrogen-bond donors (Lipinski definition) is 3. The van der Waals surface area contributed by atoms with Gasteiger partial charge in [-0.3, -0.25) is 19.3 Å². The van der Waals surface area contributed by atoms with Gasteiger partial charge in [0.1, 0.15) is 29.7 Å². The molecule has 12 nitrogen and oxygen atoms in total. The number of thiophene rings is 1. The van der Waals surface area contributed by atoms with Crippen LogP contribution < -0.4 is 10.1 Å². The van der Waals surface area contributed by atoms with Crippen molar-refractivity contribution in [1.29, 1.82) is 0 Å². The molecule has 2 saturated heterocycles. The first kappa shape index (κ1) is 44.0. The van der Waals surface area contributed by atoms with Crippen LogP contribution in [-0.2, 0) is 11.3 Å². The third-order valence-electron chi connectivity index (χ3n) is 11.5. The Morgan fingerprint density at radius 3 is 2.28 bits per heavy atom. The van der Waals surface area contributed by atoms with Gasteiger partial charge in [0.15, 0.2) is 5.82 Å². The van der Waals surface area contributed by atoms with E-state index in [1.807, 2.05) is 66.4 Å². The lowest BCUT2D eigenvalue weighted by atomic mass is 9.99. The molecular formula is C46H52Cl2N8O4S. The number of carboxylic acid groups (broad SMARTS) is 1. The number of aromatic carboxylic acids is 1. The highest BCUT2D eigenvalue weighted by molar-refractivity contribution is 7.15. The normalized spacial score (nSPS) is 15.4. The third-order valence-corrected chi connectivity index (χ3v) is 13.2. The molecule has 320 valence electrons. The highest BCUT2D eigenvalue weighted by atomic mass is 35.5. The fraction of sp³-hybridized carbons (Fsp3) is 0.370. The van der Waals surface area contributed by atoms with Crippen molar-refractivity contribution in [1.82, 2.24) is 34.9 Å². The number of nitrogens with zero attached hydrogens (tertiary/aromatic N) is 6. The summed E-state index contributed by atoms with van der Waals surface area (Å²) in [7, 11) is 0. The maximum Gasteiger partial charge on any atom is 0.337 e. The molecule has 0 unspecified atom stereocenters. The Labute approximate surface area is 370 Å². The number of nitrogens with one attached hydrogen (secondary N) is 2. The van der Waals surface area contributed by atoms with Crippen LogP contribution in [0.1, 0.15) is 70.3 Å². The van der Waals surface area contributed by atoms with Crippen LogP contribution in [0.4, 0.5) is 0 Å². The number of ether oxygens (including phenoxy) is 1. The number of aliphatic imine (C=N–C) groups is 1. The molecule has 0 bridgehead atoms. The van der Waals surface area contributed by atoms with Gasteiger partial charge in [-0.05, 0) is 100 Å². The number of fused-ring (bicyclic) bond motifs is 4. The number of aromatic nitrogens is 4. The number of piperidine rings is 1. The third kappa shape index (κ3) is 10.4. The lowest BCUT2D eigenvalue weighted by Crippen LogP contribution is -2.45. The van der Waals surface area contributed by atoms with Gasteiger partial charge in [0.05, 0.1) is 16.3 Å². The standard InChI is InChI=1S/C23H25ClN2O3.C17H15ClN4S.C6H12N2O/c1-15-6-8-26(9-7-15)10-11-29-17-4-2-16(3-5-17)18-12-19-20(23(27)28)14-25-22(19)13-21(18)24;1-9-10(2)23-17-15(9)16(12-4-6-13(18)7-5-12)19-8-14-21-20-11(3)22(14)17;1-6(9)8-4-2-7-3-5-8/h2-5,12-15,25H,6-11H2,1H3,(H,27,28);4-7H,8H2,1-3H3;7H,2-5H2,1H3. The molecule has 3 aromatic heterocycles. The van der Waals surface area contributed by atoms with E-state index in [0.717, 1.165) is 102 Å². The Bertz CT molecular complexity index is 2510. The van der Waals surface area contributed by atoms with Crippen LogP contribution in [0.25, 0.3) is 27.0 Å².